The van der Waals surface area contributed by atoms with Crippen molar-refractivity contribution >= 4 is 33.4 Å². The van der Waals surface area contributed by atoms with Crippen LogP contribution in [0.1, 0.15) is 5.56 Å². The molecule has 92 valence electrons. The number of rotatable bonds is 2. The van der Waals surface area contributed by atoms with E-state index in [1.807, 2.05) is 0 Å². The summed E-state index contributed by atoms with van der Waals surface area (Å²) in [5, 5.41) is 0. The van der Waals surface area contributed by atoms with Gasteiger partial charge in [-0.15, -0.1) is 0 Å². The van der Waals surface area contributed by atoms with Gasteiger partial charge in [-0.2, -0.15) is 0 Å². The summed E-state index contributed by atoms with van der Waals surface area (Å²) >= 11 is 5.17. The maximum Gasteiger partial charge on any atom is 0.130 e. The molecule has 1 heterocycles. The zero-order valence-corrected chi connectivity index (χ0v) is 12.1. The first-order valence-electron chi connectivity index (χ1n) is 5.76. The first kappa shape index (κ1) is 12.1. The lowest BCUT2D eigenvalue weighted by Gasteiger charge is -2.23. The second-order valence-corrected chi connectivity index (χ2v) is 6.30. The van der Waals surface area contributed by atoms with Gasteiger partial charge in [-0.25, -0.2) is 0 Å². The molecule has 0 radical (unpaired) electrons. The van der Waals surface area contributed by atoms with Gasteiger partial charge in [0.2, 0.25) is 0 Å². The van der Waals surface area contributed by atoms with E-state index in [1.54, 1.807) is 11.8 Å². The van der Waals surface area contributed by atoms with Gasteiger partial charge in [0, 0.05) is 15.9 Å². The van der Waals surface area contributed by atoms with Crippen LogP contribution in [0.5, 0.6) is 0 Å². The number of halogens is 1. The van der Waals surface area contributed by atoms with Gasteiger partial charge in [-0.05, 0) is 29.8 Å². The molecule has 1 atom stereocenters. The summed E-state index contributed by atoms with van der Waals surface area (Å²) in [6.07, 6.45) is 0. The van der Waals surface area contributed by atoms with E-state index in [0.717, 1.165) is 11.0 Å². The van der Waals surface area contributed by atoms with Gasteiger partial charge in [0.15, 0.2) is 0 Å². The van der Waals surface area contributed by atoms with Gasteiger partial charge < -0.3 is 10.6 Å². The number of thioether (sulfide) groups is 1. The highest BCUT2D eigenvalue weighted by atomic mass is 79.9. The van der Waals surface area contributed by atoms with Crippen molar-refractivity contribution < 1.29 is 0 Å². The smallest absolute Gasteiger partial charge is 0.130 e. The Labute approximate surface area is 119 Å². The number of nitrogens with zero attached hydrogens (tertiary/aromatic N) is 1. The highest BCUT2D eigenvalue weighted by Gasteiger charge is 2.26. The second kappa shape index (κ2) is 4.96. The Hall–Kier alpha value is -0.970. The largest absolute Gasteiger partial charge is 0.342 e. The molecular formula is C14H13BrN2S. The molecule has 0 saturated heterocycles. The summed E-state index contributed by atoms with van der Waals surface area (Å²) in [7, 11) is 0. The number of benzene rings is 2. The van der Waals surface area contributed by atoms with Crippen LogP contribution >= 0.6 is 27.7 Å². The van der Waals surface area contributed by atoms with Gasteiger partial charge >= 0.3 is 0 Å². The van der Waals surface area contributed by atoms with Crippen molar-refractivity contribution in [3.8, 4) is 0 Å². The van der Waals surface area contributed by atoms with Crippen molar-refractivity contribution in [2.24, 2.45) is 5.73 Å². The van der Waals surface area contributed by atoms with Gasteiger partial charge in [-0.3, -0.25) is 0 Å². The third kappa shape index (κ3) is 2.28. The number of nitrogens with two attached hydrogens (primary N) is 1. The highest BCUT2D eigenvalue weighted by molar-refractivity contribution is 9.10. The van der Waals surface area contributed by atoms with Crippen molar-refractivity contribution in [3.63, 3.8) is 0 Å². The first-order chi connectivity index (χ1) is 8.74. The predicted molar refractivity (Wildman–Crippen MR) is 80.6 cm³/mol. The monoisotopic (exact) mass is 320 g/mol. The van der Waals surface area contributed by atoms with Crippen LogP contribution in [0.25, 0.3) is 0 Å². The summed E-state index contributed by atoms with van der Waals surface area (Å²) < 4.78 is 1.10. The molecule has 1 unspecified atom stereocenters. The topological polar surface area (TPSA) is 29.3 Å². The van der Waals surface area contributed by atoms with Crippen LogP contribution in [0.3, 0.4) is 0 Å². The number of anilines is 1. The van der Waals surface area contributed by atoms with Crippen molar-refractivity contribution in [1.82, 2.24) is 0 Å². The van der Waals surface area contributed by atoms with E-state index in [4.69, 9.17) is 5.73 Å². The minimum atomic E-state index is 0.00560. The minimum Gasteiger partial charge on any atom is -0.342 e. The quantitative estimate of drug-likeness (QED) is 0.912. The van der Waals surface area contributed by atoms with Gasteiger partial charge in [0.05, 0.1) is 5.69 Å². The number of para-hydroxylation sites is 1. The van der Waals surface area contributed by atoms with Crippen LogP contribution in [0.4, 0.5) is 5.69 Å². The molecule has 0 amide bonds. The Morgan fingerprint density at radius 2 is 1.83 bits per heavy atom. The van der Waals surface area contributed by atoms with Gasteiger partial charge in [-0.1, -0.05) is 52.0 Å². The Morgan fingerprint density at radius 1 is 1.11 bits per heavy atom. The zero-order chi connectivity index (χ0) is 12.5. The number of fused-ring (bicyclic) bond motifs is 1. The summed E-state index contributed by atoms with van der Waals surface area (Å²) in [5.74, 6) is 0. The first-order valence-corrected chi connectivity index (χ1v) is 7.44. The molecule has 2 nitrogen and oxygen atoms in total. The molecule has 0 spiro atoms. The summed E-state index contributed by atoms with van der Waals surface area (Å²) in [6, 6.07) is 16.8. The van der Waals surface area contributed by atoms with E-state index >= 15 is 0 Å². The lowest BCUT2D eigenvalue weighted by molar-refractivity contribution is 0.779. The molecule has 0 aliphatic carbocycles. The van der Waals surface area contributed by atoms with Crippen molar-refractivity contribution in [2.45, 2.75) is 16.9 Å². The average Bonchev–Trinajstić information content (AvgIpc) is 2.69. The minimum absolute atomic E-state index is 0.00560. The Balaban J connectivity index is 1.87. The summed E-state index contributed by atoms with van der Waals surface area (Å²) in [5.41, 5.74) is 8.70. The van der Waals surface area contributed by atoms with Crippen LogP contribution in [0.15, 0.2) is 57.9 Å². The summed E-state index contributed by atoms with van der Waals surface area (Å²) in [4.78, 5) is 3.51. The Kier molecular flexibility index (Phi) is 3.33. The van der Waals surface area contributed by atoms with E-state index in [9.17, 15) is 0 Å². The molecule has 3 rings (SSSR count). The van der Waals surface area contributed by atoms with Crippen LogP contribution in [-0.4, -0.2) is 5.50 Å². The maximum absolute atomic E-state index is 6.19. The molecule has 1 aliphatic rings. The molecule has 18 heavy (non-hydrogen) atoms. The standard InChI is InChI=1S/C14H13BrN2S/c15-11-7-5-10(6-8-11)9-17-12-3-1-2-4-13(12)18-14(17)16/h1-8,14H,9,16H2. The predicted octanol–water partition coefficient (Wildman–Crippen LogP) is 3.80. The van der Waals surface area contributed by atoms with Gasteiger partial charge in [0.25, 0.3) is 0 Å². The van der Waals surface area contributed by atoms with Crippen LogP contribution < -0.4 is 10.6 Å². The fraction of sp³-hybridized carbons (Fsp3) is 0.143. The van der Waals surface area contributed by atoms with Crippen molar-refractivity contribution in [2.75, 3.05) is 4.90 Å². The van der Waals surface area contributed by atoms with Crippen molar-refractivity contribution in [1.29, 1.82) is 0 Å². The lowest BCUT2D eigenvalue weighted by Crippen LogP contribution is -2.35. The number of hydrogen-bond acceptors (Lipinski definition) is 3. The van der Waals surface area contributed by atoms with Crippen LogP contribution in [-0.2, 0) is 6.54 Å². The SMILES string of the molecule is NC1Sc2ccccc2N1Cc1ccc(Br)cc1. The molecular weight excluding hydrogens is 308 g/mol. The van der Waals surface area contributed by atoms with E-state index in [1.165, 1.54) is 16.1 Å². The fourth-order valence-electron chi connectivity index (χ4n) is 2.09. The van der Waals surface area contributed by atoms with E-state index in [2.05, 4.69) is 69.4 Å². The molecule has 2 aromatic rings. The maximum atomic E-state index is 6.19. The van der Waals surface area contributed by atoms with Crippen LogP contribution in [0.2, 0.25) is 0 Å². The molecule has 1 aliphatic heterocycles. The number of hydrogen-bond donors (Lipinski definition) is 1. The Morgan fingerprint density at radius 3 is 2.61 bits per heavy atom. The van der Waals surface area contributed by atoms with E-state index in [0.29, 0.717) is 0 Å². The zero-order valence-electron chi connectivity index (χ0n) is 9.71. The molecule has 4 heteroatoms. The van der Waals surface area contributed by atoms with Gasteiger partial charge in [0.1, 0.15) is 5.50 Å². The third-order valence-electron chi connectivity index (χ3n) is 3.00. The second-order valence-electron chi connectivity index (χ2n) is 4.23. The molecule has 0 bridgehead atoms. The molecule has 0 aromatic heterocycles. The highest BCUT2D eigenvalue weighted by Crippen LogP contribution is 2.41. The van der Waals surface area contributed by atoms with E-state index < -0.39 is 0 Å². The lowest BCUT2D eigenvalue weighted by atomic mass is 10.2. The molecule has 0 saturated carbocycles. The summed E-state index contributed by atoms with van der Waals surface area (Å²) in [6.45, 7) is 0.846. The molecule has 2 aromatic carbocycles. The fourth-order valence-corrected chi connectivity index (χ4v) is 3.39. The Bertz CT molecular complexity index is 556. The third-order valence-corrected chi connectivity index (χ3v) is 4.62. The van der Waals surface area contributed by atoms with Crippen LogP contribution in [0, 0.1) is 0 Å². The normalized spacial score (nSPS) is 17.9. The molecule has 0 fully saturated rings. The van der Waals surface area contributed by atoms with Crippen molar-refractivity contribution in [3.05, 3.63) is 58.6 Å². The van der Waals surface area contributed by atoms with E-state index in [-0.39, 0.29) is 5.50 Å². The molecule has 2 N–H and O–H groups in total. The average molecular weight is 321 g/mol.